The summed E-state index contributed by atoms with van der Waals surface area (Å²) >= 11 is 8.71. The molecule has 1 rings (SSSR count). The van der Waals surface area contributed by atoms with Gasteiger partial charge in [-0.05, 0) is 25.5 Å². The maximum Gasteiger partial charge on any atom is 0.191 e. The Balaban J connectivity index is 3.13. The highest BCUT2D eigenvalue weighted by molar-refractivity contribution is 9.10. The van der Waals surface area contributed by atoms with Crippen LogP contribution in [0, 0.1) is 13.8 Å². The van der Waals surface area contributed by atoms with Gasteiger partial charge in [0, 0.05) is 5.56 Å². The van der Waals surface area contributed by atoms with Gasteiger partial charge in [0.1, 0.15) is 0 Å². The van der Waals surface area contributed by atoms with Gasteiger partial charge < -0.3 is 0 Å². The van der Waals surface area contributed by atoms with Crippen molar-refractivity contribution < 1.29 is 4.79 Å². The van der Waals surface area contributed by atoms with Gasteiger partial charge in [0.15, 0.2) is 10.1 Å². The minimum absolute atomic E-state index is 0.0807. The van der Waals surface area contributed by atoms with Gasteiger partial charge in [-0.15, -0.1) is 11.6 Å². The van der Waals surface area contributed by atoms with Crippen molar-refractivity contribution in [3.05, 3.63) is 34.9 Å². The van der Waals surface area contributed by atoms with Crippen LogP contribution in [0.15, 0.2) is 18.2 Å². The Labute approximate surface area is 91.2 Å². The Kier molecular flexibility index (Phi) is 3.51. The van der Waals surface area contributed by atoms with Crippen molar-refractivity contribution in [3.63, 3.8) is 0 Å². The third-order valence-corrected chi connectivity index (χ3v) is 2.47. The van der Waals surface area contributed by atoms with E-state index in [0.717, 1.165) is 11.1 Å². The molecule has 70 valence electrons. The zero-order valence-electron chi connectivity index (χ0n) is 7.47. The van der Waals surface area contributed by atoms with Crippen LogP contribution >= 0.6 is 27.5 Å². The van der Waals surface area contributed by atoms with E-state index >= 15 is 0 Å². The summed E-state index contributed by atoms with van der Waals surface area (Å²) in [5.74, 6) is -0.0807. The molecule has 0 radical (unpaired) electrons. The van der Waals surface area contributed by atoms with Crippen LogP contribution in [0.5, 0.6) is 0 Å². The molecule has 1 aromatic rings. The highest BCUT2D eigenvalue weighted by Gasteiger charge is 2.15. The quantitative estimate of drug-likeness (QED) is 0.589. The largest absolute Gasteiger partial charge is 0.292 e. The summed E-state index contributed by atoms with van der Waals surface area (Å²) in [4.78, 5) is 11.5. The summed E-state index contributed by atoms with van der Waals surface area (Å²) in [6, 6.07) is 5.76. The predicted molar refractivity (Wildman–Crippen MR) is 58.8 cm³/mol. The van der Waals surface area contributed by atoms with Gasteiger partial charge in [0.25, 0.3) is 0 Å². The number of aryl methyl sites for hydroxylation is 2. The summed E-state index contributed by atoms with van der Waals surface area (Å²) in [5, 5.41) is 0. The fourth-order valence-corrected chi connectivity index (χ4v) is 1.48. The van der Waals surface area contributed by atoms with Crippen molar-refractivity contribution in [1.29, 1.82) is 0 Å². The molecule has 1 atom stereocenters. The minimum Gasteiger partial charge on any atom is -0.292 e. The molecule has 0 aliphatic heterocycles. The topological polar surface area (TPSA) is 17.1 Å². The molecule has 0 bridgehead atoms. The Morgan fingerprint density at radius 2 is 2.08 bits per heavy atom. The second kappa shape index (κ2) is 4.25. The molecule has 1 nitrogen and oxygen atoms in total. The van der Waals surface area contributed by atoms with E-state index in [1.165, 1.54) is 0 Å². The van der Waals surface area contributed by atoms with Gasteiger partial charge in [0.2, 0.25) is 0 Å². The van der Waals surface area contributed by atoms with Crippen molar-refractivity contribution >= 4 is 33.3 Å². The maximum atomic E-state index is 11.5. The number of alkyl halides is 2. The molecule has 1 unspecified atom stereocenters. The average Bonchev–Trinajstić information content (AvgIpc) is 2.08. The zero-order valence-corrected chi connectivity index (χ0v) is 9.82. The second-order valence-corrected chi connectivity index (χ2v) is 4.86. The van der Waals surface area contributed by atoms with E-state index in [2.05, 4.69) is 15.9 Å². The summed E-state index contributed by atoms with van der Waals surface area (Å²) in [6.45, 7) is 3.85. The van der Waals surface area contributed by atoms with E-state index < -0.39 is 4.29 Å². The van der Waals surface area contributed by atoms with E-state index in [1.807, 2.05) is 32.0 Å². The van der Waals surface area contributed by atoms with Crippen molar-refractivity contribution in [2.24, 2.45) is 0 Å². The van der Waals surface area contributed by atoms with E-state index in [9.17, 15) is 4.79 Å². The molecule has 3 heteroatoms. The van der Waals surface area contributed by atoms with Crippen molar-refractivity contribution in [2.75, 3.05) is 0 Å². The monoisotopic (exact) mass is 260 g/mol. The molecule has 13 heavy (non-hydrogen) atoms. The van der Waals surface area contributed by atoms with E-state index in [0.29, 0.717) is 5.56 Å². The molecule has 0 N–H and O–H groups in total. The normalized spacial score (nSPS) is 12.6. The lowest BCUT2D eigenvalue weighted by Crippen LogP contribution is -2.09. The third kappa shape index (κ3) is 2.55. The molecule has 0 aliphatic carbocycles. The molecule has 0 amide bonds. The van der Waals surface area contributed by atoms with Gasteiger partial charge >= 0.3 is 0 Å². The number of rotatable bonds is 2. The molecule has 0 heterocycles. The van der Waals surface area contributed by atoms with Gasteiger partial charge in [0.05, 0.1) is 0 Å². The lowest BCUT2D eigenvalue weighted by atomic mass is 10.0. The highest BCUT2D eigenvalue weighted by Crippen LogP contribution is 2.18. The van der Waals surface area contributed by atoms with Crippen LogP contribution in [-0.4, -0.2) is 10.1 Å². The van der Waals surface area contributed by atoms with E-state index in [1.54, 1.807) is 0 Å². The number of hydrogen-bond acceptors (Lipinski definition) is 1. The molecule has 0 fully saturated rings. The molecule has 0 saturated carbocycles. The lowest BCUT2D eigenvalue weighted by molar-refractivity contribution is 0.101. The highest BCUT2D eigenvalue weighted by atomic mass is 79.9. The predicted octanol–water partition coefficient (Wildman–Crippen LogP) is 3.45. The number of ketones is 1. The zero-order chi connectivity index (χ0) is 10.0. The van der Waals surface area contributed by atoms with Crippen LogP contribution in [0.2, 0.25) is 0 Å². The number of hydrogen-bond donors (Lipinski definition) is 0. The molecular formula is C10H10BrClO. The first-order valence-electron chi connectivity index (χ1n) is 3.92. The van der Waals surface area contributed by atoms with Crippen LogP contribution in [0.25, 0.3) is 0 Å². The van der Waals surface area contributed by atoms with Crippen LogP contribution in [0.4, 0.5) is 0 Å². The Morgan fingerprint density at radius 3 is 2.62 bits per heavy atom. The first-order chi connectivity index (χ1) is 6.02. The molecule has 0 saturated heterocycles. The van der Waals surface area contributed by atoms with Crippen molar-refractivity contribution in [2.45, 2.75) is 18.1 Å². The van der Waals surface area contributed by atoms with Gasteiger partial charge in [-0.1, -0.05) is 33.6 Å². The Bertz CT molecular complexity index is 334. The number of carbonyl (C=O) groups is 1. The minimum atomic E-state index is -0.631. The number of halogens is 2. The summed E-state index contributed by atoms with van der Waals surface area (Å²) in [6.07, 6.45) is 0. The number of Topliss-reactive ketones (excluding diaryl/α,β-unsaturated/α-hetero) is 1. The Morgan fingerprint density at radius 1 is 1.46 bits per heavy atom. The average molecular weight is 262 g/mol. The van der Waals surface area contributed by atoms with Crippen molar-refractivity contribution in [3.8, 4) is 0 Å². The van der Waals surface area contributed by atoms with Gasteiger partial charge in [-0.3, -0.25) is 4.79 Å². The number of benzene rings is 1. The Hall–Kier alpha value is -0.340. The molecule has 0 aliphatic rings. The van der Waals surface area contributed by atoms with Gasteiger partial charge in [-0.2, -0.15) is 0 Å². The van der Waals surface area contributed by atoms with Crippen LogP contribution in [-0.2, 0) is 0 Å². The fourth-order valence-electron chi connectivity index (χ4n) is 1.12. The molecule has 0 aromatic heterocycles. The van der Waals surface area contributed by atoms with Gasteiger partial charge in [-0.25, -0.2) is 0 Å². The first kappa shape index (κ1) is 10.7. The van der Waals surface area contributed by atoms with Crippen LogP contribution in [0.3, 0.4) is 0 Å². The molecule has 0 spiro atoms. The van der Waals surface area contributed by atoms with Crippen LogP contribution < -0.4 is 0 Å². The molecule has 1 aromatic carbocycles. The smallest absolute Gasteiger partial charge is 0.191 e. The summed E-state index contributed by atoms with van der Waals surface area (Å²) in [5.41, 5.74) is 2.72. The fraction of sp³-hybridized carbons (Fsp3) is 0.300. The second-order valence-electron chi connectivity index (χ2n) is 2.98. The van der Waals surface area contributed by atoms with E-state index in [-0.39, 0.29) is 5.78 Å². The number of carbonyl (C=O) groups excluding carboxylic acids is 1. The van der Waals surface area contributed by atoms with E-state index in [4.69, 9.17) is 11.6 Å². The lowest BCUT2D eigenvalue weighted by Gasteiger charge is -2.06. The third-order valence-electron chi connectivity index (χ3n) is 1.86. The first-order valence-corrected chi connectivity index (χ1v) is 5.27. The van der Waals surface area contributed by atoms with Crippen LogP contribution in [0.1, 0.15) is 21.5 Å². The summed E-state index contributed by atoms with van der Waals surface area (Å²) < 4.78 is -0.631. The standard InChI is InChI=1S/C10H10BrClO/c1-6-3-4-7(2)8(5-6)9(13)10(11)12/h3-5,10H,1-2H3. The molecular weight excluding hydrogens is 251 g/mol. The van der Waals surface area contributed by atoms with Crippen molar-refractivity contribution in [1.82, 2.24) is 0 Å². The SMILES string of the molecule is Cc1ccc(C)c(C(=O)C(Cl)Br)c1. The maximum absolute atomic E-state index is 11.5. The summed E-state index contributed by atoms with van der Waals surface area (Å²) in [7, 11) is 0.